The molecule has 4 heteroatoms. The van der Waals surface area contributed by atoms with Crippen molar-refractivity contribution in [3.63, 3.8) is 0 Å². The molecule has 2 aromatic carbocycles. The number of benzene rings is 2. The van der Waals surface area contributed by atoms with Gasteiger partial charge in [-0.15, -0.1) is 5.10 Å². The first kappa shape index (κ1) is 13.2. The molecule has 3 aromatic rings. The summed E-state index contributed by atoms with van der Waals surface area (Å²) in [4.78, 5) is 4.49. The highest BCUT2D eigenvalue weighted by molar-refractivity contribution is 7.98. The van der Waals surface area contributed by atoms with Gasteiger partial charge in [0, 0.05) is 12.2 Å². The van der Waals surface area contributed by atoms with Crippen LogP contribution in [0.25, 0.3) is 10.8 Å². The van der Waals surface area contributed by atoms with Crippen LogP contribution >= 0.6 is 11.8 Å². The van der Waals surface area contributed by atoms with Crippen LogP contribution in [-0.2, 0) is 12.2 Å². The molecular formula is C16H17N3S. The number of thioether (sulfide) groups is 1. The molecule has 1 aromatic heterocycles. The van der Waals surface area contributed by atoms with E-state index in [1.807, 2.05) is 0 Å². The molecule has 0 aliphatic rings. The van der Waals surface area contributed by atoms with E-state index in [1.165, 1.54) is 16.3 Å². The first-order valence-electron chi connectivity index (χ1n) is 6.87. The summed E-state index contributed by atoms with van der Waals surface area (Å²) in [7, 11) is 0. The summed E-state index contributed by atoms with van der Waals surface area (Å²) in [5, 5.41) is 10.7. The van der Waals surface area contributed by atoms with Gasteiger partial charge in [-0.3, -0.25) is 5.10 Å². The molecular weight excluding hydrogens is 266 g/mol. The van der Waals surface area contributed by atoms with E-state index < -0.39 is 0 Å². The van der Waals surface area contributed by atoms with Crippen molar-refractivity contribution in [2.45, 2.75) is 30.7 Å². The van der Waals surface area contributed by atoms with Crippen molar-refractivity contribution in [2.75, 3.05) is 0 Å². The summed E-state index contributed by atoms with van der Waals surface area (Å²) in [5.41, 5.74) is 1.33. The quantitative estimate of drug-likeness (QED) is 0.713. The van der Waals surface area contributed by atoms with Crippen LogP contribution in [0, 0.1) is 0 Å². The fourth-order valence-electron chi connectivity index (χ4n) is 2.25. The maximum Gasteiger partial charge on any atom is 0.208 e. The molecule has 0 unspecified atom stereocenters. The van der Waals surface area contributed by atoms with Crippen LogP contribution in [0.15, 0.2) is 47.6 Å². The molecule has 20 heavy (non-hydrogen) atoms. The van der Waals surface area contributed by atoms with Crippen molar-refractivity contribution in [1.82, 2.24) is 15.2 Å². The summed E-state index contributed by atoms with van der Waals surface area (Å²) < 4.78 is 0. The van der Waals surface area contributed by atoms with E-state index >= 15 is 0 Å². The van der Waals surface area contributed by atoms with Gasteiger partial charge in [0.2, 0.25) is 5.16 Å². The summed E-state index contributed by atoms with van der Waals surface area (Å²) >= 11 is 1.68. The zero-order valence-corrected chi connectivity index (χ0v) is 12.3. The summed E-state index contributed by atoms with van der Waals surface area (Å²) in [6, 6.07) is 14.9. The van der Waals surface area contributed by atoms with Gasteiger partial charge in [-0.1, -0.05) is 61.2 Å². The van der Waals surface area contributed by atoms with Crippen molar-refractivity contribution >= 4 is 22.5 Å². The van der Waals surface area contributed by atoms with E-state index in [4.69, 9.17) is 0 Å². The minimum atomic E-state index is 0.835. The highest BCUT2D eigenvalue weighted by Crippen LogP contribution is 2.25. The van der Waals surface area contributed by atoms with Crippen LogP contribution in [0.1, 0.15) is 24.7 Å². The zero-order valence-electron chi connectivity index (χ0n) is 11.5. The second kappa shape index (κ2) is 6.09. The Morgan fingerprint density at radius 1 is 1.10 bits per heavy atom. The molecule has 102 valence electrons. The van der Waals surface area contributed by atoms with Crippen LogP contribution < -0.4 is 0 Å². The molecule has 3 nitrogen and oxygen atoms in total. The standard InChI is InChI=1S/C16H17N3S/c1-2-6-15-17-16(19-18-15)20-11-13-9-5-8-12-7-3-4-10-14(12)13/h3-5,7-10H,2,6,11H2,1H3,(H,17,18,19). The van der Waals surface area contributed by atoms with E-state index in [0.29, 0.717) is 0 Å². The van der Waals surface area contributed by atoms with Gasteiger partial charge >= 0.3 is 0 Å². The van der Waals surface area contributed by atoms with E-state index in [-0.39, 0.29) is 0 Å². The SMILES string of the molecule is CCCc1nc(SCc2cccc3ccccc23)n[nH]1. The number of hydrogen-bond donors (Lipinski definition) is 1. The van der Waals surface area contributed by atoms with Crippen LogP contribution in [-0.4, -0.2) is 15.2 Å². The number of aryl methyl sites for hydroxylation is 1. The van der Waals surface area contributed by atoms with E-state index in [2.05, 4.69) is 64.6 Å². The second-order valence-corrected chi connectivity index (χ2v) is 5.68. The van der Waals surface area contributed by atoms with Crippen molar-refractivity contribution in [1.29, 1.82) is 0 Å². The Morgan fingerprint density at radius 3 is 2.85 bits per heavy atom. The van der Waals surface area contributed by atoms with Gasteiger partial charge in [0.1, 0.15) is 5.82 Å². The largest absolute Gasteiger partial charge is 0.262 e. The fraction of sp³-hybridized carbons (Fsp3) is 0.250. The predicted molar refractivity (Wildman–Crippen MR) is 83.9 cm³/mol. The van der Waals surface area contributed by atoms with Crippen molar-refractivity contribution in [2.24, 2.45) is 0 Å². The van der Waals surface area contributed by atoms with Crippen LogP contribution in [0.3, 0.4) is 0 Å². The first-order valence-corrected chi connectivity index (χ1v) is 7.86. The lowest BCUT2D eigenvalue weighted by atomic mass is 10.1. The van der Waals surface area contributed by atoms with Crippen molar-refractivity contribution in [3.05, 3.63) is 53.9 Å². The minimum absolute atomic E-state index is 0.835. The summed E-state index contributed by atoms with van der Waals surface area (Å²) in [6.07, 6.45) is 2.05. The average molecular weight is 283 g/mol. The van der Waals surface area contributed by atoms with Gasteiger partial charge in [-0.25, -0.2) is 4.98 Å². The first-order chi connectivity index (χ1) is 9.86. The van der Waals surface area contributed by atoms with E-state index in [1.54, 1.807) is 11.8 Å². The number of nitrogens with one attached hydrogen (secondary N) is 1. The fourth-order valence-corrected chi connectivity index (χ4v) is 3.07. The molecule has 0 spiro atoms. The Morgan fingerprint density at radius 2 is 1.95 bits per heavy atom. The van der Waals surface area contributed by atoms with E-state index in [9.17, 15) is 0 Å². The maximum atomic E-state index is 4.49. The topological polar surface area (TPSA) is 41.6 Å². The van der Waals surface area contributed by atoms with E-state index in [0.717, 1.165) is 29.6 Å². The Bertz CT molecular complexity index is 700. The Hall–Kier alpha value is -1.81. The van der Waals surface area contributed by atoms with Crippen LogP contribution in [0.2, 0.25) is 0 Å². The van der Waals surface area contributed by atoms with Gasteiger partial charge < -0.3 is 0 Å². The normalized spacial score (nSPS) is 11.1. The third-order valence-corrected chi connectivity index (χ3v) is 4.13. The predicted octanol–water partition coefficient (Wildman–Crippen LogP) is 4.20. The van der Waals surface area contributed by atoms with Crippen molar-refractivity contribution in [3.8, 4) is 0 Å². The lowest BCUT2D eigenvalue weighted by molar-refractivity contribution is 0.840. The molecule has 1 N–H and O–H groups in total. The Balaban J connectivity index is 1.76. The van der Waals surface area contributed by atoms with Gasteiger partial charge in [0.05, 0.1) is 0 Å². The number of rotatable bonds is 5. The Kier molecular flexibility index (Phi) is 4.02. The number of fused-ring (bicyclic) bond motifs is 1. The third kappa shape index (κ3) is 2.85. The lowest BCUT2D eigenvalue weighted by Crippen LogP contribution is -1.86. The Labute approximate surface area is 122 Å². The molecule has 0 atom stereocenters. The lowest BCUT2D eigenvalue weighted by Gasteiger charge is -2.04. The number of aromatic nitrogens is 3. The zero-order chi connectivity index (χ0) is 13.8. The second-order valence-electron chi connectivity index (χ2n) is 4.74. The average Bonchev–Trinajstić information content (AvgIpc) is 2.93. The van der Waals surface area contributed by atoms with Gasteiger partial charge in [0.25, 0.3) is 0 Å². The molecule has 0 aliphatic heterocycles. The van der Waals surface area contributed by atoms with Gasteiger partial charge in [-0.05, 0) is 22.8 Å². The molecule has 0 aliphatic carbocycles. The maximum absolute atomic E-state index is 4.49. The van der Waals surface area contributed by atoms with Gasteiger partial charge in [-0.2, -0.15) is 0 Å². The molecule has 0 saturated heterocycles. The molecule has 0 saturated carbocycles. The van der Waals surface area contributed by atoms with Crippen LogP contribution in [0.4, 0.5) is 0 Å². The highest BCUT2D eigenvalue weighted by Gasteiger charge is 2.05. The summed E-state index contributed by atoms with van der Waals surface area (Å²) in [6.45, 7) is 2.14. The smallest absolute Gasteiger partial charge is 0.208 e. The highest BCUT2D eigenvalue weighted by atomic mass is 32.2. The van der Waals surface area contributed by atoms with Gasteiger partial charge in [0.15, 0.2) is 0 Å². The number of nitrogens with zero attached hydrogens (tertiary/aromatic N) is 2. The molecule has 0 amide bonds. The summed E-state index contributed by atoms with van der Waals surface area (Å²) in [5.74, 6) is 1.87. The molecule has 1 heterocycles. The minimum Gasteiger partial charge on any atom is -0.262 e. The number of H-pyrrole nitrogens is 1. The van der Waals surface area contributed by atoms with Crippen molar-refractivity contribution < 1.29 is 0 Å². The number of hydrogen-bond acceptors (Lipinski definition) is 3. The number of aromatic amines is 1. The molecule has 3 rings (SSSR count). The monoisotopic (exact) mass is 283 g/mol. The molecule has 0 fully saturated rings. The molecule has 0 bridgehead atoms. The third-order valence-electron chi connectivity index (χ3n) is 3.23. The van der Waals surface area contributed by atoms with Crippen LogP contribution in [0.5, 0.6) is 0 Å². The molecule has 0 radical (unpaired) electrons.